The van der Waals surface area contributed by atoms with Crippen LogP contribution in [0.15, 0.2) is 29.3 Å². The zero-order chi connectivity index (χ0) is 20.4. The largest absolute Gasteiger partial charge is 0.497 e. The van der Waals surface area contributed by atoms with Gasteiger partial charge in [0, 0.05) is 19.1 Å². The molecule has 0 aliphatic heterocycles. The topological polar surface area (TPSA) is 75.2 Å². The first-order valence-corrected chi connectivity index (χ1v) is 9.25. The summed E-state index contributed by atoms with van der Waals surface area (Å²) in [5.74, 6) is 2.18. The highest BCUT2D eigenvalue weighted by Gasteiger charge is 2.17. The highest BCUT2D eigenvalue weighted by atomic mass is 16.5. The van der Waals surface area contributed by atoms with Crippen LogP contribution in [0.4, 0.5) is 0 Å². The van der Waals surface area contributed by atoms with Gasteiger partial charge >= 0.3 is 0 Å². The normalized spacial score (nSPS) is 12.9. The van der Waals surface area contributed by atoms with Gasteiger partial charge in [0.15, 0.2) is 5.96 Å². The van der Waals surface area contributed by atoms with Crippen molar-refractivity contribution in [2.24, 2.45) is 4.99 Å². The van der Waals surface area contributed by atoms with Gasteiger partial charge in [0.1, 0.15) is 17.6 Å². The molecule has 7 nitrogen and oxygen atoms in total. The van der Waals surface area contributed by atoms with Gasteiger partial charge in [-0.15, -0.1) is 0 Å². The number of aliphatic imine (C=N–C) groups is 1. The molecule has 27 heavy (non-hydrogen) atoms. The Kier molecular flexibility index (Phi) is 8.91. The molecular formula is C20H34N4O3. The zero-order valence-electron chi connectivity index (χ0n) is 17.6. The van der Waals surface area contributed by atoms with E-state index in [2.05, 4.69) is 15.6 Å². The third kappa shape index (κ3) is 9.17. The van der Waals surface area contributed by atoms with Crippen LogP contribution in [0.5, 0.6) is 11.5 Å². The standard InChI is InChI=1S/C20H34N4O3/c1-8-21-19(24(6)14-18(25)23-20(3,4)5)22-13-15(2)27-17-11-9-16(26-7)10-12-17/h9-12,15H,8,13-14H2,1-7H3,(H,21,22)(H,23,25). The SMILES string of the molecule is CCNC(=NCC(C)Oc1ccc(OC)cc1)N(C)CC(=O)NC(C)(C)C. The van der Waals surface area contributed by atoms with Crippen LogP contribution in [0, 0.1) is 0 Å². The lowest BCUT2D eigenvalue weighted by atomic mass is 10.1. The predicted octanol–water partition coefficient (Wildman–Crippen LogP) is 2.27. The molecule has 0 aliphatic carbocycles. The molecule has 7 heteroatoms. The number of carbonyl (C=O) groups is 1. The number of ether oxygens (including phenoxy) is 2. The van der Waals surface area contributed by atoms with Gasteiger partial charge in [0.05, 0.1) is 20.2 Å². The number of likely N-dealkylation sites (N-methyl/N-ethyl adjacent to an activating group) is 1. The van der Waals surface area contributed by atoms with Crippen molar-refractivity contribution in [2.75, 3.05) is 33.8 Å². The molecule has 0 heterocycles. The van der Waals surface area contributed by atoms with Crippen molar-refractivity contribution in [3.63, 3.8) is 0 Å². The van der Waals surface area contributed by atoms with E-state index in [4.69, 9.17) is 9.47 Å². The molecule has 0 aromatic heterocycles. The summed E-state index contributed by atoms with van der Waals surface area (Å²) in [6.07, 6.45) is -0.108. The number of nitrogens with zero attached hydrogens (tertiary/aromatic N) is 2. The Labute approximate surface area is 163 Å². The molecule has 2 N–H and O–H groups in total. The minimum absolute atomic E-state index is 0.0434. The van der Waals surface area contributed by atoms with Gasteiger partial charge in [0.25, 0.3) is 0 Å². The number of carbonyl (C=O) groups excluding carboxylic acids is 1. The van der Waals surface area contributed by atoms with E-state index in [0.717, 1.165) is 18.0 Å². The summed E-state index contributed by atoms with van der Waals surface area (Å²) in [5.41, 5.74) is -0.256. The van der Waals surface area contributed by atoms with E-state index >= 15 is 0 Å². The van der Waals surface area contributed by atoms with Crippen LogP contribution in [0.2, 0.25) is 0 Å². The number of amides is 1. The average Bonchev–Trinajstić information content (AvgIpc) is 2.57. The molecule has 0 spiro atoms. The Morgan fingerprint density at radius 2 is 1.81 bits per heavy atom. The minimum Gasteiger partial charge on any atom is -0.497 e. The smallest absolute Gasteiger partial charge is 0.240 e. The number of methoxy groups -OCH3 is 1. The Hall–Kier alpha value is -2.44. The van der Waals surface area contributed by atoms with E-state index in [0.29, 0.717) is 12.5 Å². The maximum atomic E-state index is 12.1. The van der Waals surface area contributed by atoms with Crippen LogP contribution in [0.25, 0.3) is 0 Å². The summed E-state index contributed by atoms with van der Waals surface area (Å²) in [4.78, 5) is 18.5. The number of rotatable bonds is 8. The lowest BCUT2D eigenvalue weighted by molar-refractivity contribution is -0.122. The molecule has 0 radical (unpaired) electrons. The van der Waals surface area contributed by atoms with E-state index in [1.54, 1.807) is 7.11 Å². The van der Waals surface area contributed by atoms with Crippen molar-refractivity contribution >= 4 is 11.9 Å². The second-order valence-electron chi connectivity index (χ2n) is 7.45. The van der Waals surface area contributed by atoms with Crippen LogP contribution in [0.1, 0.15) is 34.6 Å². The lowest BCUT2D eigenvalue weighted by Crippen LogP contribution is -2.49. The summed E-state index contributed by atoms with van der Waals surface area (Å²) in [5, 5.41) is 6.16. The zero-order valence-corrected chi connectivity index (χ0v) is 17.6. The molecular weight excluding hydrogens is 344 g/mol. The number of hydrogen-bond acceptors (Lipinski definition) is 4. The fourth-order valence-corrected chi connectivity index (χ4v) is 2.36. The average molecular weight is 379 g/mol. The molecule has 1 rings (SSSR count). The molecule has 152 valence electrons. The molecule has 0 bridgehead atoms. The molecule has 1 amide bonds. The van der Waals surface area contributed by atoms with Crippen molar-refractivity contribution in [3.8, 4) is 11.5 Å². The number of nitrogens with one attached hydrogen (secondary N) is 2. The predicted molar refractivity (Wildman–Crippen MR) is 110 cm³/mol. The quantitative estimate of drug-likeness (QED) is 0.536. The molecule has 0 fully saturated rings. The Bertz CT molecular complexity index is 609. The molecule has 1 aromatic carbocycles. The van der Waals surface area contributed by atoms with Crippen molar-refractivity contribution in [3.05, 3.63) is 24.3 Å². The van der Waals surface area contributed by atoms with Crippen LogP contribution in [-0.4, -0.2) is 62.2 Å². The van der Waals surface area contributed by atoms with Crippen molar-refractivity contribution in [2.45, 2.75) is 46.3 Å². The second kappa shape index (κ2) is 10.6. The highest BCUT2D eigenvalue weighted by Crippen LogP contribution is 2.18. The van der Waals surface area contributed by atoms with E-state index in [9.17, 15) is 4.79 Å². The van der Waals surface area contributed by atoms with Crippen LogP contribution in [0.3, 0.4) is 0 Å². The summed E-state index contributed by atoms with van der Waals surface area (Å²) in [7, 11) is 3.48. The maximum Gasteiger partial charge on any atom is 0.240 e. The van der Waals surface area contributed by atoms with Crippen LogP contribution >= 0.6 is 0 Å². The monoisotopic (exact) mass is 378 g/mol. The van der Waals surface area contributed by atoms with Gasteiger partial charge in [-0.25, -0.2) is 4.99 Å². The lowest BCUT2D eigenvalue weighted by Gasteiger charge is -2.25. The first-order valence-electron chi connectivity index (χ1n) is 9.25. The highest BCUT2D eigenvalue weighted by molar-refractivity contribution is 5.86. The van der Waals surface area contributed by atoms with Gasteiger partial charge in [-0.05, 0) is 58.9 Å². The molecule has 0 saturated carbocycles. The fraction of sp³-hybridized carbons (Fsp3) is 0.600. The van der Waals surface area contributed by atoms with Crippen molar-refractivity contribution < 1.29 is 14.3 Å². The third-order valence-corrected chi connectivity index (χ3v) is 3.49. The van der Waals surface area contributed by atoms with Gasteiger partial charge in [-0.2, -0.15) is 0 Å². The van der Waals surface area contributed by atoms with E-state index < -0.39 is 0 Å². The van der Waals surface area contributed by atoms with Gasteiger partial charge in [-0.3, -0.25) is 4.79 Å². The molecule has 1 atom stereocenters. The van der Waals surface area contributed by atoms with Gasteiger partial charge in [0.2, 0.25) is 5.91 Å². The van der Waals surface area contributed by atoms with Crippen molar-refractivity contribution in [1.29, 1.82) is 0 Å². The summed E-state index contributed by atoms with van der Waals surface area (Å²) in [6, 6.07) is 7.45. The summed E-state index contributed by atoms with van der Waals surface area (Å²) >= 11 is 0. The second-order valence-corrected chi connectivity index (χ2v) is 7.45. The van der Waals surface area contributed by atoms with Crippen LogP contribution < -0.4 is 20.1 Å². The Morgan fingerprint density at radius 3 is 2.33 bits per heavy atom. The first-order chi connectivity index (χ1) is 12.6. The number of hydrogen-bond donors (Lipinski definition) is 2. The van der Waals surface area contributed by atoms with E-state index in [1.165, 1.54) is 0 Å². The minimum atomic E-state index is -0.256. The molecule has 0 saturated heterocycles. The van der Waals surface area contributed by atoms with Gasteiger partial charge in [-0.1, -0.05) is 0 Å². The third-order valence-electron chi connectivity index (χ3n) is 3.49. The molecule has 1 aromatic rings. The van der Waals surface area contributed by atoms with Crippen molar-refractivity contribution in [1.82, 2.24) is 15.5 Å². The number of guanidine groups is 1. The van der Waals surface area contributed by atoms with Gasteiger partial charge < -0.3 is 25.0 Å². The Morgan fingerprint density at radius 1 is 1.22 bits per heavy atom. The number of benzene rings is 1. The molecule has 1 unspecified atom stereocenters. The Balaban J connectivity index is 2.63. The van der Waals surface area contributed by atoms with E-state index in [-0.39, 0.29) is 24.1 Å². The summed E-state index contributed by atoms with van der Waals surface area (Å²) < 4.78 is 11.0. The fourth-order valence-electron chi connectivity index (χ4n) is 2.36. The maximum absolute atomic E-state index is 12.1. The van der Waals surface area contributed by atoms with E-state index in [1.807, 2.05) is 70.8 Å². The first kappa shape index (κ1) is 22.6. The molecule has 0 aliphatic rings. The summed E-state index contributed by atoms with van der Waals surface area (Å²) in [6.45, 7) is 11.3. The van der Waals surface area contributed by atoms with Crippen LogP contribution in [-0.2, 0) is 4.79 Å².